The van der Waals surface area contributed by atoms with Gasteiger partial charge in [-0.1, -0.05) is 17.7 Å². The zero-order valence-electron chi connectivity index (χ0n) is 12.5. The SMILES string of the molecule is CC(O)NC(=O)C(C(=O)Nc1cccc(Cl)c1)C(=O)NC(C)O. The van der Waals surface area contributed by atoms with Crippen LogP contribution < -0.4 is 16.0 Å². The number of aliphatic hydroxyl groups excluding tert-OH is 2. The van der Waals surface area contributed by atoms with Gasteiger partial charge in [0.05, 0.1) is 0 Å². The molecule has 0 aliphatic rings. The summed E-state index contributed by atoms with van der Waals surface area (Å²) in [6.07, 6.45) is -2.49. The van der Waals surface area contributed by atoms with Crippen LogP contribution in [0.3, 0.4) is 0 Å². The molecule has 5 N–H and O–H groups in total. The van der Waals surface area contributed by atoms with E-state index in [-0.39, 0.29) is 0 Å². The van der Waals surface area contributed by atoms with E-state index in [1.165, 1.54) is 26.0 Å². The predicted octanol–water partition coefficient (Wildman–Crippen LogP) is -0.196. The summed E-state index contributed by atoms with van der Waals surface area (Å²) in [5.74, 6) is -4.72. The number of halogens is 1. The fraction of sp³-hybridized carbons (Fsp3) is 0.357. The molecule has 3 amide bonds. The van der Waals surface area contributed by atoms with E-state index >= 15 is 0 Å². The van der Waals surface area contributed by atoms with Crippen molar-refractivity contribution in [3.05, 3.63) is 29.3 Å². The molecule has 23 heavy (non-hydrogen) atoms. The lowest BCUT2D eigenvalue weighted by Crippen LogP contribution is -2.51. The number of aliphatic hydroxyl groups is 2. The van der Waals surface area contributed by atoms with E-state index in [1.807, 2.05) is 0 Å². The molecule has 9 heteroatoms. The highest BCUT2D eigenvalue weighted by molar-refractivity contribution is 6.31. The van der Waals surface area contributed by atoms with Gasteiger partial charge in [-0.05, 0) is 32.0 Å². The van der Waals surface area contributed by atoms with Gasteiger partial charge in [0.15, 0.2) is 5.92 Å². The van der Waals surface area contributed by atoms with Gasteiger partial charge < -0.3 is 26.2 Å². The van der Waals surface area contributed by atoms with Crippen molar-refractivity contribution < 1.29 is 24.6 Å². The number of rotatable bonds is 6. The first-order chi connectivity index (χ1) is 10.7. The van der Waals surface area contributed by atoms with Gasteiger partial charge in [0.2, 0.25) is 17.7 Å². The van der Waals surface area contributed by atoms with Crippen LogP contribution in [0.15, 0.2) is 24.3 Å². The molecule has 0 saturated heterocycles. The Morgan fingerprint density at radius 1 is 1.00 bits per heavy atom. The zero-order chi connectivity index (χ0) is 17.6. The molecule has 0 saturated carbocycles. The smallest absolute Gasteiger partial charge is 0.246 e. The maximum absolute atomic E-state index is 12.2. The normalized spacial score (nSPS) is 14.3. The second kappa shape index (κ2) is 8.47. The molecule has 0 fully saturated rings. The van der Waals surface area contributed by atoms with Gasteiger partial charge in [-0.15, -0.1) is 0 Å². The maximum atomic E-state index is 12.2. The lowest BCUT2D eigenvalue weighted by molar-refractivity contribution is -0.143. The average molecular weight is 344 g/mol. The van der Waals surface area contributed by atoms with Crippen molar-refractivity contribution >= 4 is 35.0 Å². The first kappa shape index (κ1) is 18.9. The Morgan fingerprint density at radius 2 is 1.52 bits per heavy atom. The number of amides is 3. The molecular weight excluding hydrogens is 326 g/mol. The lowest BCUT2D eigenvalue weighted by atomic mass is 10.1. The third-order valence-electron chi connectivity index (χ3n) is 2.58. The Balaban J connectivity index is 2.95. The Hall–Kier alpha value is -2.16. The molecule has 2 unspecified atom stereocenters. The second-order valence-electron chi connectivity index (χ2n) is 4.80. The van der Waals surface area contributed by atoms with Crippen molar-refractivity contribution in [3.8, 4) is 0 Å². The molecule has 1 aromatic rings. The average Bonchev–Trinajstić information content (AvgIpc) is 2.36. The van der Waals surface area contributed by atoms with Crippen LogP contribution in [0.2, 0.25) is 5.02 Å². The van der Waals surface area contributed by atoms with E-state index < -0.39 is 36.1 Å². The van der Waals surface area contributed by atoms with Crippen LogP contribution in [-0.4, -0.2) is 40.4 Å². The summed E-state index contributed by atoms with van der Waals surface area (Å²) in [4.78, 5) is 36.2. The highest BCUT2D eigenvalue weighted by Gasteiger charge is 2.35. The van der Waals surface area contributed by atoms with Crippen LogP contribution >= 0.6 is 11.6 Å². The molecule has 126 valence electrons. The molecule has 0 bridgehead atoms. The molecule has 0 heterocycles. The van der Waals surface area contributed by atoms with Gasteiger partial charge in [-0.25, -0.2) is 0 Å². The first-order valence-corrected chi connectivity index (χ1v) is 7.12. The van der Waals surface area contributed by atoms with Crippen LogP contribution in [0.5, 0.6) is 0 Å². The maximum Gasteiger partial charge on any atom is 0.246 e. The Bertz CT molecular complexity index is 570. The minimum atomic E-state index is -1.79. The van der Waals surface area contributed by atoms with Gasteiger partial charge in [0.25, 0.3) is 0 Å². The van der Waals surface area contributed by atoms with Crippen molar-refractivity contribution in [2.24, 2.45) is 5.92 Å². The van der Waals surface area contributed by atoms with Crippen LogP contribution in [0.4, 0.5) is 5.69 Å². The van der Waals surface area contributed by atoms with Crippen LogP contribution in [0, 0.1) is 5.92 Å². The first-order valence-electron chi connectivity index (χ1n) is 6.74. The van der Waals surface area contributed by atoms with Crippen molar-refractivity contribution in [1.82, 2.24) is 10.6 Å². The third-order valence-corrected chi connectivity index (χ3v) is 2.82. The zero-order valence-corrected chi connectivity index (χ0v) is 13.3. The Morgan fingerprint density at radius 3 is 1.96 bits per heavy atom. The fourth-order valence-electron chi connectivity index (χ4n) is 1.72. The van der Waals surface area contributed by atoms with Crippen molar-refractivity contribution in [2.45, 2.75) is 26.3 Å². The van der Waals surface area contributed by atoms with E-state index in [0.717, 1.165) is 0 Å². The summed E-state index contributed by atoms with van der Waals surface area (Å²) in [5.41, 5.74) is 0.294. The summed E-state index contributed by atoms with van der Waals surface area (Å²) in [6.45, 7) is 2.52. The molecule has 0 spiro atoms. The summed E-state index contributed by atoms with van der Waals surface area (Å²) in [5, 5.41) is 25.2. The van der Waals surface area contributed by atoms with E-state index in [0.29, 0.717) is 10.7 Å². The minimum Gasteiger partial charge on any atom is -0.374 e. The van der Waals surface area contributed by atoms with E-state index in [1.54, 1.807) is 12.1 Å². The molecule has 0 aliphatic carbocycles. The Kier molecular flexibility index (Phi) is 6.95. The van der Waals surface area contributed by atoms with Gasteiger partial charge >= 0.3 is 0 Å². The van der Waals surface area contributed by atoms with Crippen molar-refractivity contribution in [1.29, 1.82) is 0 Å². The number of carbonyl (C=O) groups excluding carboxylic acids is 3. The molecule has 2 atom stereocenters. The minimum absolute atomic E-state index is 0.294. The summed E-state index contributed by atoms with van der Waals surface area (Å²) in [7, 11) is 0. The topological polar surface area (TPSA) is 128 Å². The number of hydrogen-bond donors (Lipinski definition) is 5. The quantitative estimate of drug-likeness (QED) is 0.361. The van der Waals surface area contributed by atoms with E-state index in [2.05, 4.69) is 16.0 Å². The van der Waals surface area contributed by atoms with Gasteiger partial charge in [0.1, 0.15) is 12.5 Å². The highest BCUT2D eigenvalue weighted by atomic mass is 35.5. The predicted molar refractivity (Wildman–Crippen MR) is 83.2 cm³/mol. The van der Waals surface area contributed by atoms with Crippen LogP contribution in [-0.2, 0) is 14.4 Å². The van der Waals surface area contributed by atoms with Crippen molar-refractivity contribution in [2.75, 3.05) is 5.32 Å². The van der Waals surface area contributed by atoms with Gasteiger partial charge in [0, 0.05) is 10.7 Å². The second-order valence-corrected chi connectivity index (χ2v) is 5.24. The third kappa shape index (κ3) is 6.23. The molecule has 1 rings (SSSR count). The molecule has 0 aliphatic heterocycles. The van der Waals surface area contributed by atoms with Gasteiger partial charge in [-0.2, -0.15) is 0 Å². The molecular formula is C14H18ClN3O5. The number of hydrogen-bond acceptors (Lipinski definition) is 5. The number of nitrogens with one attached hydrogen (secondary N) is 3. The van der Waals surface area contributed by atoms with Crippen LogP contribution in [0.25, 0.3) is 0 Å². The molecule has 8 nitrogen and oxygen atoms in total. The van der Waals surface area contributed by atoms with Gasteiger partial charge in [-0.3, -0.25) is 14.4 Å². The van der Waals surface area contributed by atoms with Crippen molar-refractivity contribution in [3.63, 3.8) is 0 Å². The number of carbonyl (C=O) groups is 3. The summed E-state index contributed by atoms with van der Waals surface area (Å²) >= 11 is 5.79. The number of anilines is 1. The van der Waals surface area contributed by atoms with E-state index in [4.69, 9.17) is 11.6 Å². The summed E-state index contributed by atoms with van der Waals surface area (Å²) < 4.78 is 0. The molecule has 0 aromatic heterocycles. The fourth-order valence-corrected chi connectivity index (χ4v) is 1.91. The largest absolute Gasteiger partial charge is 0.374 e. The highest BCUT2D eigenvalue weighted by Crippen LogP contribution is 2.16. The van der Waals surface area contributed by atoms with E-state index in [9.17, 15) is 24.6 Å². The molecule has 1 aromatic carbocycles. The number of benzene rings is 1. The monoisotopic (exact) mass is 343 g/mol. The summed E-state index contributed by atoms with van der Waals surface area (Å²) in [6, 6.07) is 6.14. The molecule has 0 radical (unpaired) electrons. The van der Waals surface area contributed by atoms with Crippen LogP contribution in [0.1, 0.15) is 13.8 Å². The standard InChI is InChI=1S/C14H18ClN3O5/c1-7(19)16-12(21)11(13(22)17-8(2)20)14(23)18-10-5-3-4-9(15)6-10/h3-8,11,19-20H,1-2H3,(H,16,21)(H,17,22)(H,18,23). The Labute approximate surface area is 137 Å². The lowest BCUT2D eigenvalue weighted by Gasteiger charge is -2.18.